The number of nitrogens with one attached hydrogen (secondary N) is 2. The zero-order valence-electron chi connectivity index (χ0n) is 11.4. The van der Waals surface area contributed by atoms with Crippen molar-refractivity contribution in [1.82, 2.24) is 4.98 Å². The molecule has 0 radical (unpaired) electrons. The Morgan fingerprint density at radius 1 is 1.14 bits per heavy atom. The summed E-state index contributed by atoms with van der Waals surface area (Å²) in [6, 6.07) is 10.3. The van der Waals surface area contributed by atoms with Gasteiger partial charge in [-0.15, -0.1) is 0 Å². The average molecular weight is 348 g/mol. The smallest absolute Gasteiger partial charge is 0.255 e. The molecule has 0 aliphatic heterocycles. The summed E-state index contributed by atoms with van der Waals surface area (Å²) in [6.45, 7) is 1.78. The Morgan fingerprint density at radius 3 is 2.52 bits per heavy atom. The van der Waals surface area contributed by atoms with Crippen LogP contribution in [0.25, 0.3) is 0 Å². The van der Waals surface area contributed by atoms with Gasteiger partial charge in [-0.2, -0.15) is 0 Å². The lowest BCUT2D eigenvalue weighted by Gasteiger charge is -2.08. The lowest BCUT2D eigenvalue weighted by molar-refractivity contribution is -0.115. The van der Waals surface area contributed by atoms with E-state index in [1.165, 1.54) is 0 Å². The molecule has 0 bridgehead atoms. The van der Waals surface area contributed by atoms with Crippen molar-refractivity contribution in [2.75, 3.05) is 10.6 Å². The maximum Gasteiger partial charge on any atom is 0.255 e. The van der Waals surface area contributed by atoms with E-state index >= 15 is 0 Å². The molecule has 5 nitrogen and oxygen atoms in total. The minimum atomic E-state index is -0.239. The van der Waals surface area contributed by atoms with Gasteiger partial charge in [0.25, 0.3) is 5.91 Å². The Labute approximate surface area is 130 Å². The zero-order chi connectivity index (χ0) is 15.2. The van der Waals surface area contributed by atoms with Crippen LogP contribution in [0.1, 0.15) is 23.7 Å². The quantitative estimate of drug-likeness (QED) is 0.832. The lowest BCUT2D eigenvalue weighted by atomic mass is 10.2. The molecule has 0 saturated heterocycles. The van der Waals surface area contributed by atoms with Gasteiger partial charge in [-0.05, 0) is 46.3 Å². The number of amides is 2. The van der Waals surface area contributed by atoms with Crippen LogP contribution in [0.3, 0.4) is 0 Å². The molecule has 2 amide bonds. The molecule has 21 heavy (non-hydrogen) atoms. The fraction of sp³-hybridized carbons (Fsp3) is 0.133. The van der Waals surface area contributed by atoms with Gasteiger partial charge in [0.15, 0.2) is 0 Å². The van der Waals surface area contributed by atoms with E-state index in [9.17, 15) is 9.59 Å². The average Bonchev–Trinajstić information content (AvgIpc) is 2.47. The van der Waals surface area contributed by atoms with Crippen LogP contribution in [0.4, 0.5) is 11.4 Å². The van der Waals surface area contributed by atoms with Crippen molar-refractivity contribution in [2.24, 2.45) is 0 Å². The maximum atomic E-state index is 12.1. The number of pyridine rings is 1. The van der Waals surface area contributed by atoms with E-state index in [1.54, 1.807) is 49.5 Å². The first-order valence-corrected chi connectivity index (χ1v) is 7.20. The van der Waals surface area contributed by atoms with Gasteiger partial charge in [0.05, 0.1) is 0 Å². The molecule has 0 fully saturated rings. The van der Waals surface area contributed by atoms with Crippen LogP contribution in [0, 0.1) is 0 Å². The van der Waals surface area contributed by atoms with Crippen molar-refractivity contribution < 1.29 is 9.59 Å². The summed E-state index contributed by atoms with van der Waals surface area (Å²) in [4.78, 5) is 27.4. The van der Waals surface area contributed by atoms with E-state index in [1.807, 2.05) is 0 Å². The van der Waals surface area contributed by atoms with Gasteiger partial charge in [0.2, 0.25) is 5.91 Å². The van der Waals surface area contributed by atoms with Crippen molar-refractivity contribution in [3.8, 4) is 0 Å². The fourth-order valence-corrected chi connectivity index (χ4v) is 2.04. The highest BCUT2D eigenvalue weighted by Gasteiger charge is 2.07. The Morgan fingerprint density at radius 2 is 1.86 bits per heavy atom. The Hall–Kier alpha value is -2.21. The van der Waals surface area contributed by atoms with Crippen molar-refractivity contribution in [2.45, 2.75) is 13.3 Å². The first-order valence-electron chi connectivity index (χ1n) is 6.41. The molecule has 0 aliphatic carbocycles. The molecular formula is C15H14BrN3O2. The Balaban J connectivity index is 2.11. The molecule has 0 saturated carbocycles. The summed E-state index contributed by atoms with van der Waals surface area (Å²) in [5.74, 6) is -0.311. The zero-order valence-corrected chi connectivity index (χ0v) is 13.0. The van der Waals surface area contributed by atoms with Gasteiger partial charge in [-0.25, -0.2) is 4.98 Å². The molecule has 0 spiro atoms. The van der Waals surface area contributed by atoms with E-state index in [-0.39, 0.29) is 11.8 Å². The van der Waals surface area contributed by atoms with E-state index in [0.29, 0.717) is 28.0 Å². The summed E-state index contributed by atoms with van der Waals surface area (Å²) < 4.78 is 0.596. The van der Waals surface area contributed by atoms with Crippen LogP contribution >= 0.6 is 15.9 Å². The van der Waals surface area contributed by atoms with E-state index in [4.69, 9.17) is 0 Å². The number of rotatable bonds is 4. The third-order valence-corrected chi connectivity index (χ3v) is 3.15. The SMILES string of the molecule is CCC(=O)Nc1cccc(NC(=O)c2ccnc(Br)c2)c1. The van der Waals surface area contributed by atoms with Crippen LogP contribution in [0.15, 0.2) is 47.2 Å². The third kappa shape index (κ3) is 4.39. The van der Waals surface area contributed by atoms with Crippen LogP contribution in [-0.4, -0.2) is 16.8 Å². The number of anilines is 2. The van der Waals surface area contributed by atoms with Crippen molar-refractivity contribution in [3.63, 3.8) is 0 Å². The molecule has 1 aromatic carbocycles. The summed E-state index contributed by atoms with van der Waals surface area (Å²) >= 11 is 3.22. The minimum Gasteiger partial charge on any atom is -0.326 e. The molecule has 0 aliphatic rings. The molecule has 108 valence electrons. The van der Waals surface area contributed by atoms with Gasteiger partial charge in [0, 0.05) is 29.6 Å². The minimum absolute atomic E-state index is 0.0726. The number of aromatic nitrogens is 1. The molecule has 6 heteroatoms. The van der Waals surface area contributed by atoms with Crippen LogP contribution in [0.2, 0.25) is 0 Å². The number of hydrogen-bond acceptors (Lipinski definition) is 3. The highest BCUT2D eigenvalue weighted by Crippen LogP contribution is 2.17. The Bertz CT molecular complexity index is 673. The van der Waals surface area contributed by atoms with Gasteiger partial charge in [-0.1, -0.05) is 13.0 Å². The number of halogens is 1. The van der Waals surface area contributed by atoms with Crippen LogP contribution in [-0.2, 0) is 4.79 Å². The lowest BCUT2D eigenvalue weighted by Crippen LogP contribution is -2.13. The summed E-state index contributed by atoms with van der Waals surface area (Å²) in [6.07, 6.45) is 1.96. The molecule has 1 heterocycles. The molecule has 0 atom stereocenters. The number of carbonyl (C=O) groups is 2. The van der Waals surface area contributed by atoms with Gasteiger partial charge in [-0.3, -0.25) is 9.59 Å². The Kier molecular flexibility index (Phi) is 5.05. The first-order chi connectivity index (χ1) is 10.1. The normalized spacial score (nSPS) is 10.0. The van der Waals surface area contributed by atoms with Crippen molar-refractivity contribution in [1.29, 1.82) is 0 Å². The molecule has 2 aromatic rings. The highest BCUT2D eigenvalue weighted by molar-refractivity contribution is 9.10. The largest absolute Gasteiger partial charge is 0.326 e. The molecular weight excluding hydrogens is 334 g/mol. The second-order valence-electron chi connectivity index (χ2n) is 4.30. The van der Waals surface area contributed by atoms with Gasteiger partial charge >= 0.3 is 0 Å². The number of hydrogen-bond donors (Lipinski definition) is 2. The van der Waals surface area contributed by atoms with Crippen molar-refractivity contribution in [3.05, 3.63) is 52.8 Å². The van der Waals surface area contributed by atoms with Crippen LogP contribution in [0.5, 0.6) is 0 Å². The van der Waals surface area contributed by atoms with Gasteiger partial charge in [0.1, 0.15) is 4.60 Å². The van der Waals surface area contributed by atoms with E-state index < -0.39 is 0 Å². The van der Waals surface area contributed by atoms with Gasteiger partial charge < -0.3 is 10.6 Å². The summed E-state index contributed by atoms with van der Waals surface area (Å²) in [7, 11) is 0. The second-order valence-corrected chi connectivity index (χ2v) is 5.12. The molecule has 2 N–H and O–H groups in total. The fourth-order valence-electron chi connectivity index (χ4n) is 1.67. The standard InChI is InChI=1S/C15H14BrN3O2/c1-2-14(20)18-11-4-3-5-12(9-11)19-15(21)10-6-7-17-13(16)8-10/h3-9H,2H2,1H3,(H,18,20)(H,19,21). The molecule has 0 unspecified atom stereocenters. The second kappa shape index (κ2) is 6.99. The summed E-state index contributed by atoms with van der Waals surface area (Å²) in [5, 5.41) is 5.52. The number of benzene rings is 1. The summed E-state index contributed by atoms with van der Waals surface area (Å²) in [5.41, 5.74) is 1.76. The highest BCUT2D eigenvalue weighted by atomic mass is 79.9. The van der Waals surface area contributed by atoms with Crippen molar-refractivity contribution >= 4 is 39.1 Å². The predicted molar refractivity (Wildman–Crippen MR) is 85.3 cm³/mol. The monoisotopic (exact) mass is 347 g/mol. The topological polar surface area (TPSA) is 71.1 Å². The molecule has 2 rings (SSSR count). The number of nitrogens with zero attached hydrogens (tertiary/aromatic N) is 1. The molecule has 1 aromatic heterocycles. The first kappa shape index (κ1) is 15.2. The maximum absolute atomic E-state index is 12.1. The number of carbonyl (C=O) groups excluding carboxylic acids is 2. The predicted octanol–water partition coefficient (Wildman–Crippen LogP) is 3.44. The van der Waals surface area contributed by atoms with E-state index in [2.05, 4.69) is 31.5 Å². The van der Waals surface area contributed by atoms with E-state index in [0.717, 1.165) is 0 Å². The van der Waals surface area contributed by atoms with Crippen LogP contribution < -0.4 is 10.6 Å². The third-order valence-electron chi connectivity index (χ3n) is 2.71.